The van der Waals surface area contributed by atoms with Gasteiger partial charge < -0.3 is 15.3 Å². The van der Waals surface area contributed by atoms with Gasteiger partial charge in [-0.25, -0.2) is 0 Å². The molecule has 0 aromatic heterocycles. The van der Waals surface area contributed by atoms with Crippen LogP contribution in [0.4, 0.5) is 5.69 Å². The van der Waals surface area contributed by atoms with Crippen molar-refractivity contribution in [2.24, 2.45) is 5.41 Å². The zero-order chi connectivity index (χ0) is 27.1. The first kappa shape index (κ1) is 27.1. The largest absolute Gasteiger partial charge is 0.481 e. The van der Waals surface area contributed by atoms with Gasteiger partial charge >= 0.3 is 5.97 Å². The molecule has 5 rings (SSSR count). The third kappa shape index (κ3) is 5.32. The molecule has 0 bridgehead atoms. The molecule has 2 aliphatic heterocycles. The molecule has 2 heterocycles. The number of carbonyl (C=O) groups is 1. The molecule has 0 amide bonds. The Morgan fingerprint density at radius 2 is 1.76 bits per heavy atom. The monoisotopic (exact) mass is 550 g/mol. The lowest BCUT2D eigenvalue weighted by molar-refractivity contribution is -0.136. The van der Waals surface area contributed by atoms with Gasteiger partial charge in [-0.15, -0.1) is 0 Å². The zero-order valence-electron chi connectivity index (χ0n) is 22.3. The van der Waals surface area contributed by atoms with Gasteiger partial charge in [-0.05, 0) is 64.8 Å². The third-order valence-corrected chi connectivity index (χ3v) is 8.77. The van der Waals surface area contributed by atoms with E-state index in [4.69, 9.17) is 28.3 Å². The molecule has 0 saturated carbocycles. The van der Waals surface area contributed by atoms with E-state index in [-0.39, 0.29) is 29.2 Å². The number of carboxylic acid groups (broad SMARTS) is 1. The standard InChI is InChI=1S/C32H36Cl2N2O2/c1-31(2,3)17-29-32(26(18-35-29)24-6-4-5-7-27(24)34)20-36(28-14-13-23(33)16-25(28)32)19-22-10-8-21(9-11-22)12-15-30(37)38/h4-11,13-14,16,26,29,35H,12,15,17-20H2,1-3H3,(H,37,38)/t26-,29+,32-/m1/s1. The average Bonchev–Trinajstić information content (AvgIpc) is 3.36. The van der Waals surface area contributed by atoms with Crippen LogP contribution in [0.3, 0.4) is 0 Å². The highest BCUT2D eigenvalue weighted by Gasteiger charge is 2.57. The number of carboxylic acids is 1. The molecule has 3 atom stereocenters. The summed E-state index contributed by atoms with van der Waals surface area (Å²) in [6.07, 6.45) is 1.73. The fourth-order valence-corrected chi connectivity index (χ4v) is 6.98. The van der Waals surface area contributed by atoms with Crippen LogP contribution in [-0.2, 0) is 23.2 Å². The topological polar surface area (TPSA) is 52.6 Å². The van der Waals surface area contributed by atoms with E-state index in [0.717, 1.165) is 41.7 Å². The molecular weight excluding hydrogens is 515 g/mol. The SMILES string of the molecule is CC(C)(C)C[C@@H]1NC[C@H](c2ccccc2Cl)[C@]12CN(Cc1ccc(CCC(=O)O)cc1)c1ccc(Cl)cc12. The molecule has 2 aliphatic rings. The van der Waals surface area contributed by atoms with Crippen LogP contribution in [0.25, 0.3) is 0 Å². The second-order valence-corrected chi connectivity index (χ2v) is 12.9. The van der Waals surface area contributed by atoms with Crippen LogP contribution in [0.1, 0.15) is 61.8 Å². The van der Waals surface area contributed by atoms with Gasteiger partial charge in [0.25, 0.3) is 0 Å². The highest BCUT2D eigenvalue weighted by atomic mass is 35.5. The normalized spacial score (nSPS) is 22.7. The number of nitrogens with zero attached hydrogens (tertiary/aromatic N) is 1. The minimum atomic E-state index is -0.769. The van der Waals surface area contributed by atoms with Crippen molar-refractivity contribution in [2.45, 2.75) is 64.0 Å². The van der Waals surface area contributed by atoms with Crippen molar-refractivity contribution in [1.29, 1.82) is 0 Å². The molecule has 3 aromatic rings. The van der Waals surface area contributed by atoms with Crippen molar-refractivity contribution in [2.75, 3.05) is 18.0 Å². The maximum absolute atomic E-state index is 11.0. The Balaban J connectivity index is 1.54. The highest BCUT2D eigenvalue weighted by Crippen LogP contribution is 2.56. The quantitative estimate of drug-likeness (QED) is 0.320. The second kappa shape index (κ2) is 10.6. The molecule has 4 nitrogen and oxygen atoms in total. The zero-order valence-corrected chi connectivity index (χ0v) is 23.8. The summed E-state index contributed by atoms with van der Waals surface area (Å²) in [6.45, 7) is 9.43. The lowest BCUT2D eigenvalue weighted by Gasteiger charge is -2.40. The predicted molar refractivity (Wildman–Crippen MR) is 157 cm³/mol. The highest BCUT2D eigenvalue weighted by molar-refractivity contribution is 6.31. The summed E-state index contributed by atoms with van der Waals surface area (Å²) in [6, 6.07) is 23.2. The molecule has 0 radical (unpaired) electrons. The Labute approximate surface area is 236 Å². The first-order valence-electron chi connectivity index (χ1n) is 13.4. The van der Waals surface area contributed by atoms with E-state index in [1.165, 1.54) is 22.4 Å². The molecule has 200 valence electrons. The number of nitrogens with one attached hydrogen (secondary N) is 1. The Kier molecular flexibility index (Phi) is 7.52. The van der Waals surface area contributed by atoms with Crippen LogP contribution in [0.2, 0.25) is 10.0 Å². The third-order valence-electron chi connectivity index (χ3n) is 8.19. The lowest BCUT2D eigenvalue weighted by Crippen LogP contribution is -2.48. The van der Waals surface area contributed by atoms with Crippen molar-refractivity contribution in [3.63, 3.8) is 0 Å². The Morgan fingerprint density at radius 3 is 2.45 bits per heavy atom. The summed E-state index contributed by atoms with van der Waals surface area (Å²) in [5.41, 5.74) is 5.93. The van der Waals surface area contributed by atoms with E-state index in [2.05, 4.69) is 79.5 Å². The number of rotatable bonds is 7. The van der Waals surface area contributed by atoms with Gasteiger partial charge in [0.2, 0.25) is 0 Å². The van der Waals surface area contributed by atoms with Crippen molar-refractivity contribution in [3.05, 3.63) is 99.0 Å². The van der Waals surface area contributed by atoms with Gasteiger partial charge in [0, 0.05) is 59.2 Å². The number of halogens is 2. The molecule has 1 fully saturated rings. The molecule has 6 heteroatoms. The van der Waals surface area contributed by atoms with Crippen LogP contribution in [-0.4, -0.2) is 30.2 Å². The van der Waals surface area contributed by atoms with E-state index in [0.29, 0.717) is 6.42 Å². The minimum absolute atomic E-state index is 0.147. The molecule has 0 aliphatic carbocycles. The van der Waals surface area contributed by atoms with Crippen LogP contribution < -0.4 is 10.2 Å². The number of fused-ring (bicyclic) bond motifs is 2. The van der Waals surface area contributed by atoms with Crippen LogP contribution >= 0.6 is 23.2 Å². The maximum atomic E-state index is 11.0. The molecule has 38 heavy (non-hydrogen) atoms. The Morgan fingerprint density at radius 1 is 1.05 bits per heavy atom. The van der Waals surface area contributed by atoms with Crippen molar-refractivity contribution in [3.8, 4) is 0 Å². The van der Waals surface area contributed by atoms with Gasteiger partial charge in [-0.2, -0.15) is 0 Å². The van der Waals surface area contributed by atoms with Crippen molar-refractivity contribution < 1.29 is 9.90 Å². The first-order valence-corrected chi connectivity index (χ1v) is 14.1. The van der Waals surface area contributed by atoms with Crippen molar-refractivity contribution in [1.82, 2.24) is 5.32 Å². The fraction of sp³-hybridized carbons (Fsp3) is 0.406. The molecular formula is C32H36Cl2N2O2. The van der Waals surface area contributed by atoms with Crippen LogP contribution in [0.5, 0.6) is 0 Å². The van der Waals surface area contributed by atoms with Gasteiger partial charge in [-0.3, -0.25) is 4.79 Å². The minimum Gasteiger partial charge on any atom is -0.481 e. The Hall–Kier alpha value is -2.53. The predicted octanol–water partition coefficient (Wildman–Crippen LogP) is 7.46. The summed E-state index contributed by atoms with van der Waals surface area (Å²) < 4.78 is 0. The van der Waals surface area contributed by atoms with Gasteiger partial charge in [0.1, 0.15) is 0 Å². The number of anilines is 1. The Bertz CT molecular complexity index is 1320. The van der Waals surface area contributed by atoms with E-state index >= 15 is 0 Å². The number of hydrogen-bond acceptors (Lipinski definition) is 3. The summed E-state index contributed by atoms with van der Waals surface area (Å²) in [7, 11) is 0. The van der Waals surface area contributed by atoms with Gasteiger partial charge in [-0.1, -0.05) is 86.4 Å². The number of aryl methyl sites for hydroxylation is 1. The van der Waals surface area contributed by atoms with Crippen molar-refractivity contribution >= 4 is 34.9 Å². The van der Waals surface area contributed by atoms with Crippen LogP contribution in [0, 0.1) is 5.41 Å². The van der Waals surface area contributed by atoms with E-state index < -0.39 is 5.97 Å². The second-order valence-electron chi connectivity index (χ2n) is 12.1. The number of aliphatic carboxylic acids is 1. The van der Waals surface area contributed by atoms with E-state index in [1.807, 2.05) is 18.2 Å². The van der Waals surface area contributed by atoms with Crippen LogP contribution in [0.15, 0.2) is 66.7 Å². The number of benzene rings is 3. The molecule has 1 spiro atoms. The first-order chi connectivity index (χ1) is 18.1. The smallest absolute Gasteiger partial charge is 0.303 e. The summed E-state index contributed by atoms with van der Waals surface area (Å²) >= 11 is 13.5. The molecule has 2 N–H and O–H groups in total. The van der Waals surface area contributed by atoms with E-state index in [9.17, 15) is 4.79 Å². The summed E-state index contributed by atoms with van der Waals surface area (Å²) in [4.78, 5) is 13.5. The van der Waals surface area contributed by atoms with Gasteiger partial charge in [0.05, 0.1) is 0 Å². The molecule has 3 aromatic carbocycles. The summed E-state index contributed by atoms with van der Waals surface area (Å²) in [5.74, 6) is -0.557. The fourth-order valence-electron chi connectivity index (χ4n) is 6.54. The average molecular weight is 552 g/mol. The molecule has 0 unspecified atom stereocenters. The number of hydrogen-bond donors (Lipinski definition) is 2. The van der Waals surface area contributed by atoms with E-state index in [1.54, 1.807) is 0 Å². The molecule has 1 saturated heterocycles. The lowest BCUT2D eigenvalue weighted by atomic mass is 9.64. The maximum Gasteiger partial charge on any atom is 0.303 e. The van der Waals surface area contributed by atoms with Gasteiger partial charge in [0.15, 0.2) is 0 Å². The summed E-state index contributed by atoms with van der Waals surface area (Å²) in [5, 5.41) is 14.5.